The molecule has 0 aromatic heterocycles. The molecule has 4 nitrogen and oxygen atoms in total. The van der Waals surface area contributed by atoms with Gasteiger partial charge in [-0.05, 0) is 32.1 Å². The molecule has 0 radical (unpaired) electrons. The molecule has 0 amide bonds. The molecule has 158 valence electrons. The standard InChI is InChI=1S/C23H42O4/c1-3-5-6-7-8-9-10-11-12-15-19(26-22-16-13-14-17-25-22)18-21-20(4-2)23(24)27-21/h19-22H,3-18H2,1-2H3. The van der Waals surface area contributed by atoms with Gasteiger partial charge in [-0.3, -0.25) is 4.79 Å². The number of hydrogen-bond acceptors (Lipinski definition) is 4. The monoisotopic (exact) mass is 382 g/mol. The maximum atomic E-state index is 11.6. The van der Waals surface area contributed by atoms with Crippen molar-refractivity contribution in [3.63, 3.8) is 0 Å². The predicted molar refractivity (Wildman–Crippen MR) is 109 cm³/mol. The van der Waals surface area contributed by atoms with E-state index in [1.54, 1.807) is 0 Å². The van der Waals surface area contributed by atoms with Crippen LogP contribution in [0.2, 0.25) is 0 Å². The van der Waals surface area contributed by atoms with Crippen LogP contribution in [0.15, 0.2) is 0 Å². The van der Waals surface area contributed by atoms with Crippen LogP contribution in [-0.2, 0) is 19.0 Å². The first-order valence-electron chi connectivity index (χ1n) is 11.7. The Morgan fingerprint density at radius 1 is 1.00 bits per heavy atom. The number of esters is 1. The fraction of sp³-hybridized carbons (Fsp3) is 0.957. The molecule has 0 spiro atoms. The highest BCUT2D eigenvalue weighted by atomic mass is 16.7. The molecule has 0 aromatic carbocycles. The lowest BCUT2D eigenvalue weighted by Gasteiger charge is -2.37. The molecule has 4 unspecified atom stereocenters. The van der Waals surface area contributed by atoms with Gasteiger partial charge in [0, 0.05) is 13.0 Å². The Morgan fingerprint density at radius 3 is 2.30 bits per heavy atom. The summed E-state index contributed by atoms with van der Waals surface area (Å²) >= 11 is 0. The molecule has 2 heterocycles. The van der Waals surface area contributed by atoms with Gasteiger partial charge in [-0.25, -0.2) is 0 Å². The van der Waals surface area contributed by atoms with Crippen molar-refractivity contribution in [2.24, 2.45) is 5.92 Å². The summed E-state index contributed by atoms with van der Waals surface area (Å²) in [6, 6.07) is 0. The van der Waals surface area contributed by atoms with Crippen LogP contribution in [0.25, 0.3) is 0 Å². The van der Waals surface area contributed by atoms with Gasteiger partial charge in [-0.15, -0.1) is 0 Å². The molecule has 2 aliphatic heterocycles. The Kier molecular flexibility index (Phi) is 11.4. The Bertz CT molecular complexity index is 392. The van der Waals surface area contributed by atoms with Crippen LogP contribution >= 0.6 is 0 Å². The largest absolute Gasteiger partial charge is 0.461 e. The van der Waals surface area contributed by atoms with Crippen LogP contribution < -0.4 is 0 Å². The third-order valence-electron chi connectivity index (χ3n) is 6.07. The Hall–Kier alpha value is -0.610. The van der Waals surface area contributed by atoms with E-state index in [1.165, 1.54) is 64.2 Å². The van der Waals surface area contributed by atoms with Gasteiger partial charge in [0.25, 0.3) is 0 Å². The lowest BCUT2D eigenvalue weighted by Crippen LogP contribution is -2.47. The number of ether oxygens (including phenoxy) is 3. The molecule has 2 rings (SSSR count). The highest BCUT2D eigenvalue weighted by molar-refractivity contribution is 5.78. The van der Waals surface area contributed by atoms with Gasteiger partial charge < -0.3 is 14.2 Å². The Labute approximate surface area is 166 Å². The van der Waals surface area contributed by atoms with Crippen LogP contribution in [0.4, 0.5) is 0 Å². The van der Waals surface area contributed by atoms with Crippen molar-refractivity contribution >= 4 is 5.97 Å². The molecular weight excluding hydrogens is 340 g/mol. The van der Waals surface area contributed by atoms with Crippen molar-refractivity contribution < 1.29 is 19.0 Å². The van der Waals surface area contributed by atoms with Crippen molar-refractivity contribution in [1.29, 1.82) is 0 Å². The van der Waals surface area contributed by atoms with Crippen molar-refractivity contribution in [1.82, 2.24) is 0 Å². The number of carbonyl (C=O) groups is 1. The van der Waals surface area contributed by atoms with Gasteiger partial charge in [0.1, 0.15) is 6.10 Å². The fourth-order valence-corrected chi connectivity index (χ4v) is 4.26. The van der Waals surface area contributed by atoms with Gasteiger partial charge >= 0.3 is 5.97 Å². The molecule has 0 aromatic rings. The summed E-state index contributed by atoms with van der Waals surface area (Å²) in [4.78, 5) is 11.6. The average molecular weight is 383 g/mol. The van der Waals surface area contributed by atoms with E-state index in [0.29, 0.717) is 0 Å². The zero-order chi connectivity index (χ0) is 19.3. The smallest absolute Gasteiger partial charge is 0.313 e. The minimum Gasteiger partial charge on any atom is -0.461 e. The predicted octanol–water partition coefficient (Wildman–Crippen LogP) is 6.16. The van der Waals surface area contributed by atoms with E-state index in [9.17, 15) is 4.79 Å². The number of hydrogen-bond donors (Lipinski definition) is 0. The van der Waals surface area contributed by atoms with Gasteiger partial charge in [0.05, 0.1) is 12.0 Å². The first-order valence-corrected chi connectivity index (χ1v) is 11.7. The van der Waals surface area contributed by atoms with Crippen LogP contribution in [0, 0.1) is 5.92 Å². The van der Waals surface area contributed by atoms with Crippen LogP contribution in [-0.4, -0.2) is 31.1 Å². The van der Waals surface area contributed by atoms with Gasteiger partial charge in [0.2, 0.25) is 0 Å². The molecule has 4 heteroatoms. The minimum absolute atomic E-state index is 0.0294. The molecule has 2 aliphatic rings. The summed E-state index contributed by atoms with van der Waals surface area (Å²) in [6.45, 7) is 5.15. The van der Waals surface area contributed by atoms with Crippen LogP contribution in [0.5, 0.6) is 0 Å². The number of rotatable bonds is 15. The molecule has 2 fully saturated rings. The summed E-state index contributed by atoms with van der Waals surface area (Å²) in [5.74, 6) is 0.0461. The summed E-state index contributed by atoms with van der Waals surface area (Å²) < 4.78 is 17.5. The van der Waals surface area contributed by atoms with E-state index in [4.69, 9.17) is 14.2 Å². The first kappa shape index (κ1) is 22.7. The van der Waals surface area contributed by atoms with Crippen molar-refractivity contribution in [2.75, 3.05) is 6.61 Å². The minimum atomic E-state index is -0.0572. The lowest BCUT2D eigenvalue weighted by atomic mass is 9.89. The van der Waals surface area contributed by atoms with Crippen molar-refractivity contribution in [2.45, 2.75) is 129 Å². The topological polar surface area (TPSA) is 44.8 Å². The SMILES string of the molecule is CCCCCCCCCCCC(CC1OC(=O)C1CC)OC1CCCCO1. The molecule has 27 heavy (non-hydrogen) atoms. The fourth-order valence-electron chi connectivity index (χ4n) is 4.26. The second kappa shape index (κ2) is 13.5. The third kappa shape index (κ3) is 8.51. The summed E-state index contributed by atoms with van der Waals surface area (Å²) in [5, 5.41) is 0. The maximum Gasteiger partial charge on any atom is 0.313 e. The van der Waals surface area contributed by atoms with E-state index in [-0.39, 0.29) is 30.4 Å². The number of cyclic esters (lactones) is 1. The normalized spacial score (nSPS) is 26.4. The zero-order valence-electron chi connectivity index (χ0n) is 17.8. The van der Waals surface area contributed by atoms with Crippen LogP contribution in [0.3, 0.4) is 0 Å². The molecule has 4 atom stereocenters. The number of unbranched alkanes of at least 4 members (excludes halogenated alkanes) is 8. The molecule has 0 aliphatic carbocycles. The van der Waals surface area contributed by atoms with E-state index in [1.807, 2.05) is 0 Å². The van der Waals surface area contributed by atoms with Gasteiger partial charge in [-0.1, -0.05) is 71.6 Å². The summed E-state index contributed by atoms with van der Waals surface area (Å²) in [7, 11) is 0. The Balaban J connectivity index is 1.64. The van der Waals surface area contributed by atoms with Gasteiger partial charge in [-0.2, -0.15) is 0 Å². The second-order valence-electron chi connectivity index (χ2n) is 8.40. The molecular formula is C23H42O4. The van der Waals surface area contributed by atoms with E-state index >= 15 is 0 Å². The third-order valence-corrected chi connectivity index (χ3v) is 6.07. The molecule has 2 saturated heterocycles. The highest BCUT2D eigenvalue weighted by Gasteiger charge is 2.42. The lowest BCUT2D eigenvalue weighted by molar-refractivity contribution is -0.210. The first-order chi connectivity index (χ1) is 13.2. The van der Waals surface area contributed by atoms with E-state index < -0.39 is 0 Å². The second-order valence-corrected chi connectivity index (χ2v) is 8.40. The van der Waals surface area contributed by atoms with Crippen LogP contribution in [0.1, 0.15) is 110 Å². The molecule has 0 saturated carbocycles. The Morgan fingerprint density at radius 2 is 1.70 bits per heavy atom. The summed E-state index contributed by atoms with van der Waals surface area (Å²) in [6.07, 6.45) is 18.3. The average Bonchev–Trinajstić information content (AvgIpc) is 2.67. The molecule has 0 bridgehead atoms. The van der Waals surface area contributed by atoms with Gasteiger partial charge in [0.15, 0.2) is 6.29 Å². The maximum absolute atomic E-state index is 11.6. The number of carbonyl (C=O) groups excluding carboxylic acids is 1. The van der Waals surface area contributed by atoms with E-state index in [0.717, 1.165) is 38.7 Å². The van der Waals surface area contributed by atoms with E-state index in [2.05, 4.69) is 13.8 Å². The quantitative estimate of drug-likeness (QED) is 0.251. The highest BCUT2D eigenvalue weighted by Crippen LogP contribution is 2.31. The van der Waals surface area contributed by atoms with Crippen molar-refractivity contribution in [3.8, 4) is 0 Å². The van der Waals surface area contributed by atoms with Crippen molar-refractivity contribution in [3.05, 3.63) is 0 Å². The zero-order valence-corrected chi connectivity index (χ0v) is 17.8. The summed E-state index contributed by atoms with van der Waals surface area (Å²) in [5.41, 5.74) is 0. The molecule has 0 N–H and O–H groups in total.